The predicted octanol–water partition coefficient (Wildman–Crippen LogP) is 2.47. The lowest BCUT2D eigenvalue weighted by Crippen LogP contribution is -1.98. The van der Waals surface area contributed by atoms with Crippen LogP contribution in [0.2, 0.25) is 0 Å². The molecule has 0 spiro atoms. The van der Waals surface area contributed by atoms with Crippen LogP contribution in [-0.4, -0.2) is 5.97 Å². The third-order valence-corrected chi connectivity index (χ3v) is 1.91. The molecule has 0 fully saturated rings. The van der Waals surface area contributed by atoms with Crippen LogP contribution in [-0.2, 0) is 15.0 Å². The van der Waals surface area contributed by atoms with Gasteiger partial charge in [-0.3, -0.25) is 4.79 Å². The van der Waals surface area contributed by atoms with Crippen LogP contribution in [0.4, 0.5) is 0 Å². The molecule has 0 atom stereocenters. The summed E-state index contributed by atoms with van der Waals surface area (Å²) in [6, 6.07) is 9.83. The van der Waals surface area contributed by atoms with Crippen molar-refractivity contribution in [3.8, 4) is 0 Å². The highest BCUT2D eigenvalue weighted by Gasteiger charge is 2.00. The molecular formula is C9H9BrO2. The molecule has 12 heavy (non-hydrogen) atoms. The van der Waals surface area contributed by atoms with E-state index in [4.69, 9.17) is 0 Å². The molecule has 0 bridgehead atoms. The number of benzene rings is 1. The van der Waals surface area contributed by atoms with Crippen LogP contribution in [0.1, 0.15) is 12.0 Å². The molecule has 0 saturated carbocycles. The standard InChI is InChI=1S/C9H9BrO2/c10-12-9(11)7-6-8-4-2-1-3-5-8/h1-5H,6-7H2. The fourth-order valence-electron chi connectivity index (χ4n) is 0.930. The van der Waals surface area contributed by atoms with Gasteiger partial charge < -0.3 is 3.83 Å². The molecule has 3 heteroatoms. The zero-order valence-electron chi connectivity index (χ0n) is 6.50. The number of hydrogen-bond donors (Lipinski definition) is 0. The Balaban J connectivity index is 2.38. The lowest BCUT2D eigenvalue weighted by atomic mass is 10.1. The van der Waals surface area contributed by atoms with E-state index in [-0.39, 0.29) is 5.97 Å². The Kier molecular flexibility index (Phi) is 3.80. The van der Waals surface area contributed by atoms with Crippen molar-refractivity contribution >= 4 is 22.2 Å². The highest BCUT2D eigenvalue weighted by Crippen LogP contribution is 2.03. The highest BCUT2D eigenvalue weighted by molar-refractivity contribution is 9.06. The van der Waals surface area contributed by atoms with E-state index in [0.717, 1.165) is 12.0 Å². The zero-order chi connectivity index (χ0) is 8.81. The number of hydrogen-bond acceptors (Lipinski definition) is 2. The van der Waals surface area contributed by atoms with E-state index >= 15 is 0 Å². The molecule has 0 aromatic heterocycles. The molecule has 0 aliphatic rings. The second kappa shape index (κ2) is 4.93. The Morgan fingerprint density at radius 3 is 2.58 bits per heavy atom. The molecule has 0 N–H and O–H groups in total. The van der Waals surface area contributed by atoms with Gasteiger partial charge in [0, 0.05) is 0 Å². The molecule has 0 aliphatic heterocycles. The van der Waals surface area contributed by atoms with Crippen molar-refractivity contribution in [1.29, 1.82) is 0 Å². The fraction of sp³-hybridized carbons (Fsp3) is 0.222. The van der Waals surface area contributed by atoms with Gasteiger partial charge in [0.2, 0.25) is 0 Å². The van der Waals surface area contributed by atoms with Crippen molar-refractivity contribution in [3.05, 3.63) is 35.9 Å². The Bertz CT molecular complexity index is 246. The van der Waals surface area contributed by atoms with Gasteiger partial charge in [-0.2, -0.15) is 0 Å². The summed E-state index contributed by atoms with van der Waals surface area (Å²) in [7, 11) is 0. The van der Waals surface area contributed by atoms with Gasteiger partial charge in [-0.05, 0) is 12.0 Å². The summed E-state index contributed by atoms with van der Waals surface area (Å²) >= 11 is 2.64. The van der Waals surface area contributed by atoms with Crippen LogP contribution in [0.3, 0.4) is 0 Å². The molecule has 0 heterocycles. The zero-order valence-corrected chi connectivity index (χ0v) is 8.08. The summed E-state index contributed by atoms with van der Waals surface area (Å²) in [6.45, 7) is 0. The molecule has 2 nitrogen and oxygen atoms in total. The average molecular weight is 229 g/mol. The highest BCUT2D eigenvalue weighted by atomic mass is 79.9. The van der Waals surface area contributed by atoms with E-state index < -0.39 is 0 Å². The van der Waals surface area contributed by atoms with Gasteiger partial charge in [0.05, 0.1) is 6.42 Å². The van der Waals surface area contributed by atoms with Crippen molar-refractivity contribution < 1.29 is 8.62 Å². The minimum Gasteiger partial charge on any atom is -0.384 e. The second-order valence-electron chi connectivity index (χ2n) is 2.43. The molecule has 0 unspecified atom stereocenters. The topological polar surface area (TPSA) is 26.3 Å². The maximum absolute atomic E-state index is 10.7. The summed E-state index contributed by atoms with van der Waals surface area (Å²) < 4.78 is 4.35. The van der Waals surface area contributed by atoms with Gasteiger partial charge in [-0.25, -0.2) is 0 Å². The summed E-state index contributed by atoms with van der Waals surface area (Å²) in [5.74, 6) is -0.237. The lowest BCUT2D eigenvalue weighted by Gasteiger charge is -1.97. The maximum atomic E-state index is 10.7. The van der Waals surface area contributed by atoms with E-state index in [1.807, 2.05) is 30.3 Å². The Morgan fingerprint density at radius 2 is 2.00 bits per heavy atom. The van der Waals surface area contributed by atoms with Crippen molar-refractivity contribution in [1.82, 2.24) is 0 Å². The Hall–Kier alpha value is -0.830. The van der Waals surface area contributed by atoms with Gasteiger partial charge in [0.25, 0.3) is 0 Å². The maximum Gasteiger partial charge on any atom is 0.317 e. The van der Waals surface area contributed by atoms with Crippen LogP contribution in [0.5, 0.6) is 0 Å². The smallest absolute Gasteiger partial charge is 0.317 e. The Labute approximate surface area is 80.0 Å². The first-order valence-corrected chi connectivity index (χ1v) is 4.33. The van der Waals surface area contributed by atoms with E-state index in [1.165, 1.54) is 0 Å². The number of carbonyl (C=O) groups excluding carboxylic acids is 1. The van der Waals surface area contributed by atoms with E-state index in [1.54, 1.807) is 0 Å². The van der Waals surface area contributed by atoms with Gasteiger partial charge >= 0.3 is 5.97 Å². The molecule has 0 saturated heterocycles. The normalized spacial score (nSPS) is 9.42. The summed E-state index contributed by atoms with van der Waals surface area (Å²) in [4.78, 5) is 10.7. The second-order valence-corrected chi connectivity index (χ2v) is 2.76. The number of halogens is 1. The molecule has 1 rings (SSSR count). The fourth-order valence-corrected chi connectivity index (χ4v) is 1.09. The minimum absolute atomic E-state index is 0.237. The van der Waals surface area contributed by atoms with Gasteiger partial charge in [-0.1, -0.05) is 30.3 Å². The third-order valence-electron chi connectivity index (χ3n) is 1.55. The summed E-state index contributed by atoms with van der Waals surface area (Å²) in [5.41, 5.74) is 1.15. The van der Waals surface area contributed by atoms with Crippen molar-refractivity contribution in [2.24, 2.45) is 0 Å². The summed E-state index contributed by atoms with van der Waals surface area (Å²) in [6.07, 6.45) is 1.14. The third kappa shape index (κ3) is 3.05. The largest absolute Gasteiger partial charge is 0.384 e. The van der Waals surface area contributed by atoms with Gasteiger partial charge in [0.1, 0.15) is 0 Å². The molecule has 64 valence electrons. The first-order chi connectivity index (χ1) is 5.83. The number of carbonyl (C=O) groups is 1. The lowest BCUT2D eigenvalue weighted by molar-refractivity contribution is -0.132. The van der Waals surface area contributed by atoms with Crippen molar-refractivity contribution in [2.45, 2.75) is 12.8 Å². The predicted molar refractivity (Wildman–Crippen MR) is 49.8 cm³/mol. The average Bonchev–Trinajstić information content (AvgIpc) is 2.16. The molecule has 0 radical (unpaired) electrons. The summed E-state index contributed by atoms with van der Waals surface area (Å²) in [5, 5.41) is 0. The van der Waals surface area contributed by atoms with Crippen LogP contribution in [0, 0.1) is 0 Å². The van der Waals surface area contributed by atoms with Crippen LogP contribution in [0.25, 0.3) is 0 Å². The SMILES string of the molecule is O=C(CCc1ccccc1)OBr. The van der Waals surface area contributed by atoms with Crippen LogP contribution in [0.15, 0.2) is 30.3 Å². The van der Waals surface area contributed by atoms with Gasteiger partial charge in [-0.15, -0.1) is 0 Å². The Morgan fingerprint density at radius 1 is 1.33 bits per heavy atom. The molecular weight excluding hydrogens is 220 g/mol. The van der Waals surface area contributed by atoms with E-state index in [2.05, 4.69) is 20.1 Å². The minimum atomic E-state index is -0.237. The van der Waals surface area contributed by atoms with E-state index in [9.17, 15) is 4.79 Å². The van der Waals surface area contributed by atoms with Crippen LogP contribution < -0.4 is 0 Å². The quantitative estimate of drug-likeness (QED) is 0.795. The first-order valence-electron chi connectivity index (χ1n) is 3.68. The number of rotatable bonds is 3. The van der Waals surface area contributed by atoms with Gasteiger partial charge in [0.15, 0.2) is 16.3 Å². The molecule has 0 amide bonds. The molecule has 1 aromatic carbocycles. The van der Waals surface area contributed by atoms with Crippen molar-refractivity contribution in [3.63, 3.8) is 0 Å². The molecule has 0 aliphatic carbocycles. The molecule has 1 aromatic rings. The van der Waals surface area contributed by atoms with E-state index in [0.29, 0.717) is 6.42 Å². The number of aryl methyl sites for hydroxylation is 1. The monoisotopic (exact) mass is 228 g/mol. The first kappa shape index (κ1) is 9.26. The van der Waals surface area contributed by atoms with Crippen molar-refractivity contribution in [2.75, 3.05) is 0 Å². The van der Waals surface area contributed by atoms with Crippen LogP contribution >= 0.6 is 16.3 Å².